The van der Waals surface area contributed by atoms with E-state index >= 15 is 0 Å². The molecule has 1 aliphatic rings. The average molecular weight is 697 g/mol. The SMILES string of the molecule is N#Cc1ccc(OC(=O)c2ccccc2)nc1OC(=O)c1cccc(C(=O)n2c(=O)c(F)cn([C@H]3C[C@H](OCc4ccco4)[C@@H](CO)O3)c2=O)c1. The number of aliphatic hydroxyl groups excluding tert-OH is 1. The summed E-state index contributed by atoms with van der Waals surface area (Å²) in [7, 11) is 0. The summed E-state index contributed by atoms with van der Waals surface area (Å²) in [5.41, 5.74) is -3.42. The van der Waals surface area contributed by atoms with Gasteiger partial charge in [0, 0.05) is 18.1 Å². The van der Waals surface area contributed by atoms with Gasteiger partial charge in [-0.1, -0.05) is 24.3 Å². The number of carbonyl (C=O) groups excluding carboxylic acids is 3. The third-order valence-corrected chi connectivity index (χ3v) is 7.66. The van der Waals surface area contributed by atoms with Crippen LogP contribution in [0.2, 0.25) is 0 Å². The van der Waals surface area contributed by atoms with E-state index < -0.39 is 65.8 Å². The lowest BCUT2D eigenvalue weighted by Gasteiger charge is -2.16. The van der Waals surface area contributed by atoms with Crippen LogP contribution in [0.5, 0.6) is 11.8 Å². The molecule has 3 aromatic heterocycles. The number of halogens is 1. The molecule has 0 radical (unpaired) electrons. The number of ether oxygens (including phenoxy) is 4. The first-order valence-corrected chi connectivity index (χ1v) is 15.2. The number of nitriles is 1. The van der Waals surface area contributed by atoms with E-state index in [0.717, 1.165) is 6.07 Å². The van der Waals surface area contributed by atoms with Crippen LogP contribution in [-0.4, -0.2) is 55.9 Å². The number of benzene rings is 2. The Morgan fingerprint density at radius 3 is 2.43 bits per heavy atom. The molecule has 0 amide bonds. The second-order valence-corrected chi connectivity index (χ2v) is 10.9. The Labute approximate surface area is 286 Å². The lowest BCUT2D eigenvalue weighted by atomic mass is 10.1. The van der Waals surface area contributed by atoms with Gasteiger partial charge < -0.3 is 28.5 Å². The van der Waals surface area contributed by atoms with Crippen LogP contribution in [0.15, 0.2) is 105 Å². The fourth-order valence-electron chi connectivity index (χ4n) is 5.15. The summed E-state index contributed by atoms with van der Waals surface area (Å²) in [6, 6.07) is 20.2. The molecular weight excluding hydrogens is 671 g/mol. The fourth-order valence-corrected chi connectivity index (χ4v) is 5.15. The van der Waals surface area contributed by atoms with E-state index in [0.29, 0.717) is 16.5 Å². The highest BCUT2D eigenvalue weighted by Gasteiger charge is 2.38. The van der Waals surface area contributed by atoms with E-state index in [4.69, 9.17) is 23.4 Å². The van der Waals surface area contributed by atoms with E-state index in [-0.39, 0.29) is 45.7 Å². The molecule has 4 heterocycles. The maximum atomic E-state index is 15.0. The predicted molar refractivity (Wildman–Crippen MR) is 169 cm³/mol. The van der Waals surface area contributed by atoms with Crippen molar-refractivity contribution >= 4 is 17.8 Å². The minimum atomic E-state index is -1.55. The van der Waals surface area contributed by atoms with Gasteiger partial charge in [0.25, 0.3) is 11.5 Å². The van der Waals surface area contributed by atoms with Crippen molar-refractivity contribution in [3.05, 3.63) is 146 Å². The third-order valence-electron chi connectivity index (χ3n) is 7.66. The Bertz CT molecular complexity index is 2260. The first-order valence-electron chi connectivity index (χ1n) is 15.2. The molecule has 1 aliphatic heterocycles. The van der Waals surface area contributed by atoms with E-state index in [2.05, 4.69) is 4.98 Å². The quantitative estimate of drug-likeness (QED) is 0.209. The molecule has 0 spiro atoms. The van der Waals surface area contributed by atoms with Crippen LogP contribution in [0, 0.1) is 17.1 Å². The van der Waals surface area contributed by atoms with Crippen LogP contribution >= 0.6 is 0 Å². The number of rotatable bonds is 10. The maximum Gasteiger partial charge on any atom is 0.344 e. The topological polar surface area (TPSA) is 202 Å². The number of pyridine rings is 1. The lowest BCUT2D eigenvalue weighted by molar-refractivity contribution is -0.0681. The minimum Gasteiger partial charge on any atom is -0.467 e. The molecule has 0 unspecified atom stereocenters. The van der Waals surface area contributed by atoms with Gasteiger partial charge in [-0.05, 0) is 48.5 Å². The van der Waals surface area contributed by atoms with Crippen molar-refractivity contribution in [3.63, 3.8) is 0 Å². The van der Waals surface area contributed by atoms with Gasteiger partial charge in [-0.3, -0.25) is 14.2 Å². The van der Waals surface area contributed by atoms with Gasteiger partial charge in [-0.2, -0.15) is 19.2 Å². The first kappa shape index (κ1) is 34.3. The summed E-state index contributed by atoms with van der Waals surface area (Å²) >= 11 is 0. The number of hydrogen-bond donors (Lipinski definition) is 1. The third kappa shape index (κ3) is 7.40. The van der Waals surface area contributed by atoms with Crippen molar-refractivity contribution in [3.8, 4) is 17.8 Å². The Balaban J connectivity index is 1.22. The van der Waals surface area contributed by atoms with Crippen LogP contribution in [-0.2, 0) is 16.1 Å². The van der Waals surface area contributed by atoms with Crippen molar-refractivity contribution in [2.75, 3.05) is 6.61 Å². The molecule has 51 heavy (non-hydrogen) atoms. The molecule has 0 bridgehead atoms. The number of aliphatic hydroxyl groups is 1. The second-order valence-electron chi connectivity index (χ2n) is 10.9. The molecule has 5 aromatic rings. The Morgan fingerprint density at radius 1 is 0.961 bits per heavy atom. The number of furan rings is 1. The van der Waals surface area contributed by atoms with Gasteiger partial charge >= 0.3 is 17.6 Å². The highest BCUT2D eigenvalue weighted by Crippen LogP contribution is 2.30. The zero-order valence-electron chi connectivity index (χ0n) is 26.2. The van der Waals surface area contributed by atoms with Crippen LogP contribution in [0.25, 0.3) is 0 Å². The van der Waals surface area contributed by atoms with Crippen molar-refractivity contribution in [1.82, 2.24) is 14.1 Å². The Kier molecular flexibility index (Phi) is 10.0. The van der Waals surface area contributed by atoms with Crippen LogP contribution in [0.1, 0.15) is 55.0 Å². The van der Waals surface area contributed by atoms with Gasteiger partial charge in [0.2, 0.25) is 17.6 Å². The second kappa shape index (κ2) is 14.9. The summed E-state index contributed by atoms with van der Waals surface area (Å²) < 4.78 is 43.0. The van der Waals surface area contributed by atoms with Crippen LogP contribution in [0.3, 0.4) is 0 Å². The zero-order chi connectivity index (χ0) is 36.1. The molecule has 1 saturated heterocycles. The molecule has 0 saturated carbocycles. The molecule has 0 aliphatic carbocycles. The number of esters is 2. The highest BCUT2D eigenvalue weighted by atomic mass is 19.1. The summed E-state index contributed by atoms with van der Waals surface area (Å²) in [5.74, 6) is -4.89. The summed E-state index contributed by atoms with van der Waals surface area (Å²) in [6.07, 6.45) is -0.911. The van der Waals surface area contributed by atoms with Gasteiger partial charge in [-0.15, -0.1) is 0 Å². The Morgan fingerprint density at radius 2 is 1.71 bits per heavy atom. The average Bonchev–Trinajstić information content (AvgIpc) is 3.83. The van der Waals surface area contributed by atoms with Gasteiger partial charge in [0.05, 0.1) is 36.3 Å². The Hall–Kier alpha value is -6.54. The molecule has 3 atom stereocenters. The molecule has 258 valence electrons. The number of aromatic nitrogens is 3. The summed E-state index contributed by atoms with van der Waals surface area (Å²) in [5, 5.41) is 19.3. The molecular formula is C35H25FN4O11. The minimum absolute atomic E-state index is 0.0191. The largest absolute Gasteiger partial charge is 0.467 e. The van der Waals surface area contributed by atoms with E-state index in [9.17, 15) is 38.7 Å². The molecule has 1 fully saturated rings. The fraction of sp³-hybridized carbons (Fsp3) is 0.171. The first-order chi connectivity index (χ1) is 24.7. The number of hydrogen-bond acceptors (Lipinski definition) is 13. The number of carbonyl (C=O) groups is 3. The zero-order valence-corrected chi connectivity index (χ0v) is 26.2. The van der Waals surface area contributed by atoms with Gasteiger partial charge in [0.1, 0.15) is 36.3 Å². The van der Waals surface area contributed by atoms with E-state index in [1.54, 1.807) is 36.4 Å². The molecule has 2 aromatic carbocycles. The van der Waals surface area contributed by atoms with Gasteiger partial charge in [0.15, 0.2) is 0 Å². The standard InChI is InChI=1S/C35H25FN4O11/c36-25-17-39(29-15-26(27(18-41)49-29)48-19-24-10-5-13-47-24)35(46)40(32(25)43)31(42)21-8-4-9-22(14-21)34(45)51-30-23(16-37)11-12-28(38-30)50-33(44)20-6-2-1-3-7-20/h1-14,17,26-27,29,41H,15,18-19H2/t26-,27+,29+/m0/s1. The van der Waals surface area contributed by atoms with Crippen LogP contribution in [0.4, 0.5) is 4.39 Å². The van der Waals surface area contributed by atoms with Gasteiger partial charge in [-0.25, -0.2) is 14.4 Å². The molecule has 1 N–H and O–H groups in total. The molecule has 16 heteroatoms. The maximum absolute atomic E-state index is 15.0. The molecule has 15 nitrogen and oxygen atoms in total. The van der Waals surface area contributed by atoms with E-state index in [1.165, 1.54) is 48.7 Å². The smallest absolute Gasteiger partial charge is 0.344 e. The summed E-state index contributed by atoms with van der Waals surface area (Å²) in [4.78, 5) is 69.4. The lowest BCUT2D eigenvalue weighted by Crippen LogP contribution is -2.46. The monoisotopic (exact) mass is 696 g/mol. The van der Waals surface area contributed by atoms with Crippen LogP contribution < -0.4 is 20.7 Å². The van der Waals surface area contributed by atoms with Crippen molar-refractivity contribution in [2.24, 2.45) is 0 Å². The van der Waals surface area contributed by atoms with Crippen molar-refractivity contribution < 1.29 is 47.2 Å². The normalized spacial score (nSPS) is 16.7. The number of nitrogens with zero attached hydrogens (tertiary/aromatic N) is 4. The summed E-state index contributed by atoms with van der Waals surface area (Å²) in [6.45, 7) is -0.488. The van der Waals surface area contributed by atoms with Crippen molar-refractivity contribution in [2.45, 2.75) is 31.5 Å². The predicted octanol–water partition coefficient (Wildman–Crippen LogP) is 3.00. The highest BCUT2D eigenvalue weighted by molar-refractivity contribution is 5.99. The van der Waals surface area contributed by atoms with Crippen molar-refractivity contribution in [1.29, 1.82) is 5.26 Å². The molecule has 6 rings (SSSR count). The van der Waals surface area contributed by atoms with E-state index in [1.807, 2.05) is 0 Å².